The molecule has 0 saturated carbocycles. The van der Waals surface area contributed by atoms with Crippen molar-refractivity contribution in [3.63, 3.8) is 0 Å². The highest BCUT2D eigenvalue weighted by molar-refractivity contribution is 8.00. The molecule has 2 heterocycles. The van der Waals surface area contributed by atoms with Crippen molar-refractivity contribution in [1.82, 2.24) is 20.0 Å². The molecule has 25 heavy (non-hydrogen) atoms. The summed E-state index contributed by atoms with van der Waals surface area (Å²) in [5.41, 5.74) is 0. The van der Waals surface area contributed by atoms with Crippen LogP contribution < -0.4 is 5.32 Å². The lowest BCUT2D eigenvalue weighted by Gasteiger charge is -2.39. The second kappa shape index (κ2) is 10.6. The summed E-state index contributed by atoms with van der Waals surface area (Å²) in [5, 5.41) is 3.49. The van der Waals surface area contributed by atoms with Gasteiger partial charge in [-0.2, -0.15) is 11.8 Å². The fraction of sp³-hybridized carbons (Fsp3) is 0.947. The number of aliphatic imine (C=N–C) groups is 1. The van der Waals surface area contributed by atoms with E-state index in [1.54, 1.807) is 0 Å². The van der Waals surface area contributed by atoms with Crippen molar-refractivity contribution in [3.8, 4) is 0 Å². The van der Waals surface area contributed by atoms with E-state index in [4.69, 9.17) is 4.99 Å². The third kappa shape index (κ3) is 7.35. The van der Waals surface area contributed by atoms with Crippen LogP contribution in [0.25, 0.3) is 0 Å². The highest BCUT2D eigenvalue weighted by Gasteiger charge is 2.28. The first-order chi connectivity index (χ1) is 12.0. The van der Waals surface area contributed by atoms with Gasteiger partial charge in [0.05, 0.1) is 0 Å². The summed E-state index contributed by atoms with van der Waals surface area (Å²) in [6.07, 6.45) is 2.45. The van der Waals surface area contributed by atoms with E-state index >= 15 is 0 Å². The molecule has 2 aliphatic heterocycles. The lowest BCUT2D eigenvalue weighted by molar-refractivity contribution is 0.136. The average molecular weight is 370 g/mol. The first-order valence-electron chi connectivity index (χ1n) is 10.2. The summed E-state index contributed by atoms with van der Waals surface area (Å²) in [6.45, 7) is 20.6. The smallest absolute Gasteiger partial charge is 0.193 e. The molecule has 0 aliphatic carbocycles. The minimum absolute atomic E-state index is 0.328. The van der Waals surface area contributed by atoms with Crippen molar-refractivity contribution >= 4 is 17.7 Å². The number of nitrogens with zero attached hydrogens (tertiary/aromatic N) is 4. The second-order valence-corrected chi connectivity index (χ2v) is 9.55. The van der Waals surface area contributed by atoms with E-state index < -0.39 is 0 Å². The Balaban J connectivity index is 1.69. The molecule has 5 nitrogen and oxygen atoms in total. The third-order valence-corrected chi connectivity index (χ3v) is 6.41. The topological polar surface area (TPSA) is 34.1 Å². The van der Waals surface area contributed by atoms with Crippen LogP contribution in [0.5, 0.6) is 0 Å². The Morgan fingerprint density at radius 2 is 1.76 bits per heavy atom. The molecule has 2 rings (SSSR count). The van der Waals surface area contributed by atoms with Gasteiger partial charge in [0.25, 0.3) is 0 Å². The molecule has 0 unspecified atom stereocenters. The van der Waals surface area contributed by atoms with Gasteiger partial charge in [0, 0.05) is 62.9 Å². The molecule has 0 atom stereocenters. The van der Waals surface area contributed by atoms with Crippen LogP contribution in [0.15, 0.2) is 4.99 Å². The van der Waals surface area contributed by atoms with Crippen LogP contribution in [-0.4, -0.2) is 96.6 Å². The molecule has 0 amide bonds. The molecule has 6 heteroatoms. The Kier molecular flexibility index (Phi) is 8.87. The van der Waals surface area contributed by atoms with E-state index in [1.807, 2.05) is 0 Å². The van der Waals surface area contributed by atoms with Crippen LogP contribution in [0.1, 0.15) is 40.5 Å². The minimum Gasteiger partial charge on any atom is -0.357 e. The number of piperazine rings is 1. The van der Waals surface area contributed by atoms with E-state index in [9.17, 15) is 0 Å². The summed E-state index contributed by atoms with van der Waals surface area (Å²) >= 11 is 2.08. The lowest BCUT2D eigenvalue weighted by Crippen LogP contribution is -2.51. The number of rotatable bonds is 7. The molecule has 2 fully saturated rings. The molecule has 0 spiro atoms. The minimum atomic E-state index is 0.328. The molecule has 2 aliphatic rings. The number of nitrogens with one attached hydrogen (secondary N) is 1. The van der Waals surface area contributed by atoms with Crippen LogP contribution in [0.3, 0.4) is 0 Å². The fourth-order valence-corrected chi connectivity index (χ4v) is 4.70. The molecular formula is C19H39N5S. The highest BCUT2D eigenvalue weighted by Crippen LogP contribution is 2.29. The number of hydrogen-bond acceptors (Lipinski definition) is 4. The predicted molar refractivity (Wildman–Crippen MR) is 112 cm³/mol. The third-order valence-electron chi connectivity index (χ3n) is 5.12. The largest absolute Gasteiger partial charge is 0.357 e. The Morgan fingerprint density at radius 3 is 2.40 bits per heavy atom. The van der Waals surface area contributed by atoms with Crippen LogP contribution in [0.2, 0.25) is 0 Å². The maximum Gasteiger partial charge on any atom is 0.193 e. The van der Waals surface area contributed by atoms with Gasteiger partial charge in [0.1, 0.15) is 0 Å². The highest BCUT2D eigenvalue weighted by atomic mass is 32.2. The zero-order valence-corrected chi connectivity index (χ0v) is 17.7. The number of guanidine groups is 1. The average Bonchev–Trinajstić information content (AvgIpc) is 2.60. The monoisotopic (exact) mass is 369 g/mol. The Hall–Kier alpha value is -0.460. The van der Waals surface area contributed by atoms with Crippen LogP contribution in [0, 0.1) is 0 Å². The van der Waals surface area contributed by atoms with E-state index in [1.165, 1.54) is 57.9 Å². The van der Waals surface area contributed by atoms with Gasteiger partial charge in [-0.15, -0.1) is 0 Å². The summed E-state index contributed by atoms with van der Waals surface area (Å²) in [6, 6.07) is 0. The van der Waals surface area contributed by atoms with Crippen LogP contribution >= 0.6 is 11.8 Å². The maximum absolute atomic E-state index is 4.91. The zero-order valence-electron chi connectivity index (χ0n) is 16.9. The summed E-state index contributed by atoms with van der Waals surface area (Å²) < 4.78 is 0.328. The van der Waals surface area contributed by atoms with Gasteiger partial charge in [0.2, 0.25) is 0 Å². The summed E-state index contributed by atoms with van der Waals surface area (Å²) in [4.78, 5) is 12.5. The maximum atomic E-state index is 4.91. The van der Waals surface area contributed by atoms with Gasteiger partial charge in [-0.3, -0.25) is 4.99 Å². The molecular weight excluding hydrogens is 330 g/mol. The van der Waals surface area contributed by atoms with Crippen molar-refractivity contribution in [2.24, 2.45) is 4.99 Å². The number of unbranched alkanes of at least 4 members (excludes halogenated alkanes) is 1. The van der Waals surface area contributed by atoms with Crippen molar-refractivity contribution < 1.29 is 0 Å². The standard InChI is InChI=1S/C19H39N5S/c1-5-20-18(24-15-16-25-19(3,4)17-24)21-9-7-8-10-23-13-11-22(6-2)12-14-23/h5-17H2,1-4H3,(H,20,21). The molecule has 0 aromatic heterocycles. The lowest BCUT2D eigenvalue weighted by atomic mass is 10.2. The van der Waals surface area contributed by atoms with Crippen LogP contribution in [0.4, 0.5) is 0 Å². The van der Waals surface area contributed by atoms with E-state index in [2.05, 4.69) is 59.5 Å². The van der Waals surface area contributed by atoms with E-state index in [0.29, 0.717) is 4.75 Å². The number of likely N-dealkylation sites (N-methyl/N-ethyl adjacent to an activating group) is 1. The summed E-state index contributed by atoms with van der Waals surface area (Å²) in [7, 11) is 0. The molecule has 0 radical (unpaired) electrons. The van der Waals surface area contributed by atoms with Gasteiger partial charge >= 0.3 is 0 Å². The molecule has 146 valence electrons. The molecule has 1 N–H and O–H groups in total. The van der Waals surface area contributed by atoms with E-state index in [0.717, 1.165) is 32.1 Å². The Morgan fingerprint density at radius 1 is 1.04 bits per heavy atom. The van der Waals surface area contributed by atoms with Crippen molar-refractivity contribution in [1.29, 1.82) is 0 Å². The van der Waals surface area contributed by atoms with Crippen molar-refractivity contribution in [2.45, 2.75) is 45.3 Å². The SMILES string of the molecule is CCNC(=NCCCCN1CCN(CC)CC1)N1CCSC(C)(C)C1. The van der Waals surface area contributed by atoms with Crippen molar-refractivity contribution in [3.05, 3.63) is 0 Å². The fourth-order valence-electron chi connectivity index (χ4n) is 3.58. The first-order valence-corrected chi connectivity index (χ1v) is 11.1. The Bertz CT molecular complexity index is 405. The van der Waals surface area contributed by atoms with Gasteiger partial charge in [0.15, 0.2) is 5.96 Å². The van der Waals surface area contributed by atoms with Gasteiger partial charge in [-0.05, 0) is 46.7 Å². The summed E-state index contributed by atoms with van der Waals surface area (Å²) in [5.74, 6) is 2.31. The first kappa shape index (κ1) is 20.8. The molecule has 2 saturated heterocycles. The van der Waals surface area contributed by atoms with Gasteiger partial charge in [-0.1, -0.05) is 6.92 Å². The van der Waals surface area contributed by atoms with Crippen LogP contribution in [-0.2, 0) is 0 Å². The number of thioether (sulfide) groups is 1. The predicted octanol–water partition coefficient (Wildman–Crippen LogP) is 2.20. The molecule has 0 aromatic carbocycles. The normalized spacial score (nSPS) is 23.0. The van der Waals surface area contributed by atoms with Crippen molar-refractivity contribution in [2.75, 3.05) is 71.2 Å². The number of hydrogen-bond donors (Lipinski definition) is 1. The molecule has 0 bridgehead atoms. The second-order valence-electron chi connectivity index (χ2n) is 7.75. The zero-order chi connectivity index (χ0) is 18.1. The van der Waals surface area contributed by atoms with E-state index in [-0.39, 0.29) is 0 Å². The van der Waals surface area contributed by atoms with Gasteiger partial charge in [-0.25, -0.2) is 0 Å². The van der Waals surface area contributed by atoms with Gasteiger partial charge < -0.3 is 20.0 Å². The Labute approximate surface area is 159 Å². The molecule has 0 aromatic rings. The quantitative estimate of drug-likeness (QED) is 0.423.